The van der Waals surface area contributed by atoms with Gasteiger partial charge < -0.3 is 4.42 Å². The highest BCUT2D eigenvalue weighted by Gasteiger charge is 2.21. The van der Waals surface area contributed by atoms with Gasteiger partial charge in [-0.05, 0) is 30.2 Å². The van der Waals surface area contributed by atoms with Gasteiger partial charge in [-0.2, -0.15) is 4.31 Å². The first-order valence-corrected chi connectivity index (χ1v) is 9.02. The van der Waals surface area contributed by atoms with Crippen LogP contribution in [0.4, 0.5) is 0 Å². The minimum atomic E-state index is -3.40. The van der Waals surface area contributed by atoms with Crippen molar-refractivity contribution in [1.29, 1.82) is 0 Å². The fraction of sp³-hybridized carbons (Fsp3) is 0.222. The third kappa shape index (κ3) is 3.46. The van der Waals surface area contributed by atoms with Gasteiger partial charge in [0.2, 0.25) is 10.0 Å². The zero-order chi connectivity index (χ0) is 16.4. The molecule has 0 unspecified atom stereocenters. The normalized spacial score (nSPS) is 12.1. The van der Waals surface area contributed by atoms with E-state index in [1.54, 1.807) is 7.05 Å². The molecule has 0 spiro atoms. The molecule has 0 aliphatic carbocycles. The molecule has 3 rings (SSSR count). The van der Waals surface area contributed by atoms with Gasteiger partial charge in [0.05, 0.1) is 12.3 Å². The van der Waals surface area contributed by atoms with Crippen LogP contribution in [0, 0.1) is 6.92 Å². The summed E-state index contributed by atoms with van der Waals surface area (Å²) in [7, 11) is -1.81. The van der Waals surface area contributed by atoms with Crippen LogP contribution < -0.4 is 0 Å². The Balaban J connectivity index is 1.78. The van der Waals surface area contributed by atoms with E-state index in [0.717, 1.165) is 22.1 Å². The van der Waals surface area contributed by atoms with Gasteiger partial charge in [0.15, 0.2) is 0 Å². The molecule has 0 saturated carbocycles. The summed E-state index contributed by atoms with van der Waals surface area (Å²) >= 11 is 0. The maximum atomic E-state index is 12.6. The molecule has 3 aromatic rings. The summed E-state index contributed by atoms with van der Waals surface area (Å²) < 4.78 is 32.2. The lowest BCUT2D eigenvalue weighted by Gasteiger charge is -2.16. The van der Waals surface area contributed by atoms with Gasteiger partial charge >= 0.3 is 0 Å². The Morgan fingerprint density at radius 1 is 1.04 bits per heavy atom. The number of para-hydroxylation sites is 1. The van der Waals surface area contributed by atoms with Gasteiger partial charge in [-0.1, -0.05) is 42.5 Å². The highest BCUT2D eigenvalue weighted by Crippen LogP contribution is 2.21. The number of sulfonamides is 1. The molecule has 2 aromatic carbocycles. The molecule has 0 N–H and O–H groups in total. The number of rotatable bonds is 5. The van der Waals surface area contributed by atoms with Crippen LogP contribution in [-0.4, -0.2) is 19.8 Å². The Kier molecular flexibility index (Phi) is 4.24. The first-order chi connectivity index (χ1) is 11.0. The number of nitrogens with zero attached hydrogens (tertiary/aromatic N) is 1. The van der Waals surface area contributed by atoms with Crippen molar-refractivity contribution in [3.8, 4) is 0 Å². The Bertz CT molecular complexity index is 895. The molecule has 4 nitrogen and oxygen atoms in total. The zero-order valence-corrected chi connectivity index (χ0v) is 14.0. The van der Waals surface area contributed by atoms with Crippen molar-refractivity contribution in [2.75, 3.05) is 7.05 Å². The van der Waals surface area contributed by atoms with E-state index >= 15 is 0 Å². The quantitative estimate of drug-likeness (QED) is 0.717. The molecular formula is C18H19NO3S. The summed E-state index contributed by atoms with van der Waals surface area (Å²) in [5.74, 6) is 0.637. The van der Waals surface area contributed by atoms with Crippen molar-refractivity contribution >= 4 is 21.0 Å². The first kappa shape index (κ1) is 15.8. The molecule has 0 aliphatic heterocycles. The largest absolute Gasteiger partial charge is 0.460 e. The van der Waals surface area contributed by atoms with Crippen molar-refractivity contribution in [1.82, 2.24) is 4.31 Å². The number of hydrogen-bond donors (Lipinski definition) is 0. The summed E-state index contributed by atoms with van der Waals surface area (Å²) in [5.41, 5.74) is 2.57. The van der Waals surface area contributed by atoms with Gasteiger partial charge in [-0.25, -0.2) is 8.42 Å². The van der Waals surface area contributed by atoms with E-state index < -0.39 is 10.0 Å². The lowest BCUT2D eigenvalue weighted by atomic mass is 10.1. The number of hydrogen-bond acceptors (Lipinski definition) is 3. The van der Waals surface area contributed by atoms with E-state index in [-0.39, 0.29) is 12.3 Å². The molecule has 120 valence electrons. The highest BCUT2D eigenvalue weighted by atomic mass is 32.2. The van der Waals surface area contributed by atoms with Gasteiger partial charge in [-0.15, -0.1) is 0 Å². The first-order valence-electron chi connectivity index (χ1n) is 7.42. The SMILES string of the molecule is Cc1ccccc1CS(=O)(=O)N(C)Cc1cc2ccccc2o1. The van der Waals surface area contributed by atoms with Crippen LogP contribution in [0.1, 0.15) is 16.9 Å². The Labute approximate surface area is 136 Å². The summed E-state index contributed by atoms with van der Waals surface area (Å²) in [6.45, 7) is 2.15. The maximum Gasteiger partial charge on any atom is 0.218 e. The third-order valence-electron chi connectivity index (χ3n) is 3.93. The molecule has 0 amide bonds. The van der Waals surface area contributed by atoms with Crippen LogP contribution in [0.5, 0.6) is 0 Å². The summed E-state index contributed by atoms with van der Waals surface area (Å²) in [5, 5.41) is 0.979. The van der Waals surface area contributed by atoms with E-state index in [9.17, 15) is 8.42 Å². The molecular weight excluding hydrogens is 310 g/mol. The average Bonchev–Trinajstić information content (AvgIpc) is 2.91. The van der Waals surface area contributed by atoms with E-state index in [4.69, 9.17) is 4.42 Å². The number of fused-ring (bicyclic) bond motifs is 1. The zero-order valence-electron chi connectivity index (χ0n) is 13.2. The van der Waals surface area contributed by atoms with Gasteiger partial charge in [0.25, 0.3) is 0 Å². The topological polar surface area (TPSA) is 50.5 Å². The second kappa shape index (κ2) is 6.18. The van der Waals surface area contributed by atoms with Gasteiger partial charge in [0.1, 0.15) is 11.3 Å². The monoisotopic (exact) mass is 329 g/mol. The number of aryl methyl sites for hydroxylation is 1. The van der Waals surface area contributed by atoms with E-state index in [1.807, 2.05) is 61.5 Å². The summed E-state index contributed by atoms with van der Waals surface area (Å²) in [4.78, 5) is 0. The lowest BCUT2D eigenvalue weighted by molar-refractivity contribution is 0.417. The molecule has 0 aliphatic rings. The van der Waals surface area contributed by atoms with Crippen LogP contribution in [0.3, 0.4) is 0 Å². The Morgan fingerprint density at radius 2 is 1.74 bits per heavy atom. The van der Waals surface area contributed by atoms with Crippen LogP contribution in [0.15, 0.2) is 59.0 Å². The molecule has 0 radical (unpaired) electrons. The molecule has 23 heavy (non-hydrogen) atoms. The fourth-order valence-electron chi connectivity index (χ4n) is 2.51. The van der Waals surface area contributed by atoms with E-state index in [0.29, 0.717) is 5.76 Å². The molecule has 1 heterocycles. The summed E-state index contributed by atoms with van der Waals surface area (Å²) in [6, 6.07) is 17.1. The minimum Gasteiger partial charge on any atom is -0.460 e. The maximum absolute atomic E-state index is 12.6. The summed E-state index contributed by atoms with van der Waals surface area (Å²) in [6.07, 6.45) is 0. The Morgan fingerprint density at radius 3 is 2.48 bits per heavy atom. The van der Waals surface area contributed by atoms with Crippen LogP contribution in [0.25, 0.3) is 11.0 Å². The van der Waals surface area contributed by atoms with Crippen molar-refractivity contribution in [2.24, 2.45) is 0 Å². The van der Waals surface area contributed by atoms with Gasteiger partial charge in [-0.3, -0.25) is 0 Å². The molecule has 0 atom stereocenters. The molecule has 1 aromatic heterocycles. The molecule has 0 saturated heterocycles. The number of benzene rings is 2. The predicted molar refractivity (Wildman–Crippen MR) is 91.5 cm³/mol. The standard InChI is InChI=1S/C18H19NO3S/c1-14-7-3-4-9-16(14)13-23(20,21)19(2)12-17-11-15-8-5-6-10-18(15)22-17/h3-11H,12-13H2,1-2H3. The molecule has 0 fully saturated rings. The Hall–Kier alpha value is -2.11. The van der Waals surface area contributed by atoms with Crippen LogP contribution in [0.2, 0.25) is 0 Å². The number of furan rings is 1. The van der Waals surface area contributed by atoms with Crippen LogP contribution in [-0.2, 0) is 22.3 Å². The van der Waals surface area contributed by atoms with Crippen molar-refractivity contribution in [2.45, 2.75) is 19.2 Å². The van der Waals surface area contributed by atoms with Gasteiger partial charge in [0, 0.05) is 12.4 Å². The van der Waals surface area contributed by atoms with E-state index in [2.05, 4.69) is 0 Å². The third-order valence-corrected chi connectivity index (χ3v) is 5.68. The fourth-order valence-corrected chi connectivity index (χ4v) is 3.77. The van der Waals surface area contributed by atoms with Crippen molar-refractivity contribution in [3.05, 3.63) is 71.5 Å². The second-order valence-electron chi connectivity index (χ2n) is 5.69. The molecule has 5 heteroatoms. The predicted octanol–water partition coefficient (Wildman–Crippen LogP) is 3.70. The second-order valence-corrected chi connectivity index (χ2v) is 7.77. The van der Waals surface area contributed by atoms with Crippen molar-refractivity contribution in [3.63, 3.8) is 0 Å². The van der Waals surface area contributed by atoms with Crippen LogP contribution >= 0.6 is 0 Å². The van der Waals surface area contributed by atoms with Crippen molar-refractivity contribution < 1.29 is 12.8 Å². The highest BCUT2D eigenvalue weighted by molar-refractivity contribution is 7.88. The smallest absolute Gasteiger partial charge is 0.218 e. The minimum absolute atomic E-state index is 0.00357. The molecule has 0 bridgehead atoms. The average molecular weight is 329 g/mol. The lowest BCUT2D eigenvalue weighted by Crippen LogP contribution is -2.27. The van der Waals surface area contributed by atoms with E-state index in [1.165, 1.54) is 4.31 Å².